The molecular weight excluding hydrogens is 460 g/mol. The molecular formula is C26H32N6O4. The molecule has 1 amide bonds. The van der Waals surface area contributed by atoms with E-state index >= 15 is 0 Å². The number of carbonyl (C=O) groups excluding carboxylic acids is 2. The number of aromatic nitrogens is 4. The molecule has 2 unspecified atom stereocenters. The van der Waals surface area contributed by atoms with Gasteiger partial charge in [0.05, 0.1) is 19.0 Å². The SMILES string of the molecule is CCn1cnc2c(-c3ccc(OC)c(C=O)c3)nc(N3CC4CN(C(=O)OC(C)(C)C)CC4C3)nc21. The van der Waals surface area contributed by atoms with Crippen molar-refractivity contribution in [2.75, 3.05) is 38.2 Å². The van der Waals surface area contributed by atoms with E-state index in [1.807, 2.05) is 43.2 Å². The number of amides is 1. The molecule has 0 saturated carbocycles. The topological polar surface area (TPSA) is 103 Å². The van der Waals surface area contributed by atoms with Gasteiger partial charge < -0.3 is 23.8 Å². The molecule has 2 aliphatic heterocycles. The highest BCUT2D eigenvalue weighted by Crippen LogP contribution is 2.36. The van der Waals surface area contributed by atoms with Crippen molar-refractivity contribution in [3.05, 3.63) is 30.1 Å². The maximum atomic E-state index is 12.6. The Kier molecular flexibility index (Phi) is 6.05. The predicted molar refractivity (Wildman–Crippen MR) is 135 cm³/mol. The van der Waals surface area contributed by atoms with Crippen LogP contribution in [0.4, 0.5) is 10.7 Å². The summed E-state index contributed by atoms with van der Waals surface area (Å²) in [5, 5.41) is 0. The molecule has 5 rings (SSSR count). The molecule has 3 aromatic rings. The van der Waals surface area contributed by atoms with E-state index in [1.54, 1.807) is 25.6 Å². The third kappa shape index (κ3) is 4.36. The quantitative estimate of drug-likeness (QED) is 0.498. The minimum Gasteiger partial charge on any atom is -0.496 e. The smallest absolute Gasteiger partial charge is 0.410 e. The number of hydrogen-bond acceptors (Lipinski definition) is 8. The number of anilines is 1. The molecule has 10 nitrogen and oxygen atoms in total. The van der Waals surface area contributed by atoms with Gasteiger partial charge in [-0.2, -0.15) is 4.98 Å². The molecule has 0 aliphatic carbocycles. The molecule has 0 N–H and O–H groups in total. The lowest BCUT2D eigenvalue weighted by Gasteiger charge is -2.26. The fourth-order valence-corrected chi connectivity index (χ4v) is 5.11. The zero-order valence-electron chi connectivity index (χ0n) is 21.4. The number of carbonyl (C=O) groups is 2. The van der Waals surface area contributed by atoms with Gasteiger partial charge in [-0.1, -0.05) is 0 Å². The van der Waals surface area contributed by atoms with E-state index < -0.39 is 5.60 Å². The Morgan fingerprint density at radius 2 is 1.86 bits per heavy atom. The molecule has 2 atom stereocenters. The van der Waals surface area contributed by atoms with E-state index in [9.17, 15) is 9.59 Å². The van der Waals surface area contributed by atoms with Crippen molar-refractivity contribution in [1.29, 1.82) is 0 Å². The predicted octanol–water partition coefficient (Wildman–Crippen LogP) is 3.64. The first-order valence-corrected chi connectivity index (χ1v) is 12.3. The van der Waals surface area contributed by atoms with Gasteiger partial charge in [-0.15, -0.1) is 0 Å². The summed E-state index contributed by atoms with van der Waals surface area (Å²) in [6.07, 6.45) is 2.30. The van der Waals surface area contributed by atoms with Gasteiger partial charge in [0.25, 0.3) is 0 Å². The molecule has 4 heterocycles. The summed E-state index contributed by atoms with van der Waals surface area (Å²) < 4.78 is 12.9. The highest BCUT2D eigenvalue weighted by Gasteiger charge is 2.43. The van der Waals surface area contributed by atoms with E-state index in [2.05, 4.69) is 9.88 Å². The van der Waals surface area contributed by atoms with Gasteiger partial charge >= 0.3 is 6.09 Å². The van der Waals surface area contributed by atoms with Gasteiger partial charge in [-0.25, -0.2) is 14.8 Å². The van der Waals surface area contributed by atoms with E-state index in [0.717, 1.165) is 37.1 Å². The molecule has 0 radical (unpaired) electrons. The zero-order chi connectivity index (χ0) is 25.6. The third-order valence-corrected chi connectivity index (χ3v) is 6.84. The van der Waals surface area contributed by atoms with Crippen molar-refractivity contribution >= 4 is 29.5 Å². The molecule has 0 spiro atoms. The van der Waals surface area contributed by atoms with Crippen molar-refractivity contribution in [2.24, 2.45) is 11.8 Å². The number of benzene rings is 1. The molecule has 2 fully saturated rings. The standard InChI is InChI=1S/C26H32N6O4/c1-6-30-15-27-22-21(16-7-8-20(35-5)17(9-16)14-33)28-24(29-23(22)30)31-10-18-12-32(13-19(18)11-31)25(34)36-26(2,3)4/h7-9,14-15,18-19H,6,10-13H2,1-5H3. The average molecular weight is 493 g/mol. The van der Waals surface area contributed by atoms with Crippen LogP contribution in [0.15, 0.2) is 24.5 Å². The minimum absolute atomic E-state index is 0.249. The van der Waals surface area contributed by atoms with Crippen LogP contribution in [0.25, 0.3) is 22.4 Å². The van der Waals surface area contributed by atoms with Crippen molar-refractivity contribution < 1.29 is 19.1 Å². The summed E-state index contributed by atoms with van der Waals surface area (Å²) in [6.45, 7) is 11.3. The first kappa shape index (κ1) is 24.0. The normalized spacial score (nSPS) is 19.6. The molecule has 2 saturated heterocycles. The summed E-state index contributed by atoms with van der Waals surface area (Å²) >= 11 is 0. The van der Waals surface area contributed by atoms with Crippen molar-refractivity contribution in [2.45, 2.75) is 39.8 Å². The number of rotatable bonds is 5. The number of nitrogens with zero attached hydrogens (tertiary/aromatic N) is 6. The van der Waals surface area contributed by atoms with Gasteiger partial charge in [-0.05, 0) is 45.9 Å². The molecule has 1 aromatic carbocycles. The lowest BCUT2D eigenvalue weighted by Crippen LogP contribution is -2.37. The zero-order valence-corrected chi connectivity index (χ0v) is 21.4. The Labute approximate surface area is 210 Å². The van der Waals surface area contributed by atoms with Gasteiger partial charge in [0.15, 0.2) is 11.9 Å². The average Bonchev–Trinajstić information content (AvgIpc) is 3.54. The van der Waals surface area contributed by atoms with E-state index in [0.29, 0.717) is 53.4 Å². The molecule has 0 bridgehead atoms. The second-order valence-electron chi connectivity index (χ2n) is 10.5. The van der Waals surface area contributed by atoms with Gasteiger partial charge in [-0.3, -0.25) is 4.79 Å². The van der Waals surface area contributed by atoms with E-state index in [4.69, 9.17) is 19.4 Å². The van der Waals surface area contributed by atoms with Gasteiger partial charge in [0.1, 0.15) is 22.6 Å². The lowest BCUT2D eigenvalue weighted by atomic mass is 10.0. The largest absolute Gasteiger partial charge is 0.496 e. The first-order chi connectivity index (χ1) is 17.2. The third-order valence-electron chi connectivity index (χ3n) is 6.84. The fourth-order valence-electron chi connectivity index (χ4n) is 5.11. The van der Waals surface area contributed by atoms with Crippen LogP contribution in [0, 0.1) is 11.8 Å². The van der Waals surface area contributed by atoms with E-state index in [-0.39, 0.29) is 6.09 Å². The van der Waals surface area contributed by atoms with Crippen LogP contribution in [0.3, 0.4) is 0 Å². The second kappa shape index (κ2) is 9.07. The van der Waals surface area contributed by atoms with Crippen LogP contribution in [0.1, 0.15) is 38.1 Å². The summed E-state index contributed by atoms with van der Waals surface area (Å²) in [4.78, 5) is 42.6. The lowest BCUT2D eigenvalue weighted by molar-refractivity contribution is 0.0282. The molecule has 36 heavy (non-hydrogen) atoms. The van der Waals surface area contributed by atoms with Crippen LogP contribution in [-0.4, -0.2) is 75.7 Å². The number of hydrogen-bond donors (Lipinski definition) is 0. The Bertz CT molecular complexity index is 1300. The van der Waals surface area contributed by atoms with Crippen molar-refractivity contribution in [3.8, 4) is 17.0 Å². The maximum absolute atomic E-state index is 12.6. The summed E-state index contributed by atoms with van der Waals surface area (Å²) in [7, 11) is 1.54. The maximum Gasteiger partial charge on any atom is 0.410 e. The van der Waals surface area contributed by atoms with Crippen LogP contribution in [0.2, 0.25) is 0 Å². The fraction of sp³-hybridized carbons (Fsp3) is 0.500. The van der Waals surface area contributed by atoms with Crippen LogP contribution < -0.4 is 9.64 Å². The van der Waals surface area contributed by atoms with Crippen LogP contribution in [0.5, 0.6) is 5.75 Å². The first-order valence-electron chi connectivity index (χ1n) is 12.3. The second-order valence-corrected chi connectivity index (χ2v) is 10.5. The Morgan fingerprint density at radius 3 is 2.47 bits per heavy atom. The highest BCUT2D eigenvalue weighted by molar-refractivity contribution is 5.91. The summed E-state index contributed by atoms with van der Waals surface area (Å²) in [5.74, 6) is 1.81. The molecule has 2 aliphatic rings. The van der Waals surface area contributed by atoms with Crippen LogP contribution in [-0.2, 0) is 11.3 Å². The number of fused-ring (bicyclic) bond motifs is 2. The monoisotopic (exact) mass is 492 g/mol. The number of aryl methyl sites for hydroxylation is 1. The van der Waals surface area contributed by atoms with E-state index in [1.165, 1.54) is 0 Å². The van der Waals surface area contributed by atoms with Crippen LogP contribution >= 0.6 is 0 Å². The molecule has 190 valence electrons. The van der Waals surface area contributed by atoms with Crippen molar-refractivity contribution in [3.63, 3.8) is 0 Å². The molecule has 10 heteroatoms. The Hall–Kier alpha value is -3.69. The number of aldehydes is 1. The Balaban J connectivity index is 1.45. The molecule has 2 aromatic heterocycles. The van der Waals surface area contributed by atoms with Gasteiger partial charge in [0.2, 0.25) is 5.95 Å². The summed E-state index contributed by atoms with van der Waals surface area (Å²) in [5.41, 5.74) is 2.86. The summed E-state index contributed by atoms with van der Waals surface area (Å²) in [6, 6.07) is 5.44. The minimum atomic E-state index is -0.506. The number of ether oxygens (including phenoxy) is 2. The van der Waals surface area contributed by atoms with Crippen molar-refractivity contribution in [1.82, 2.24) is 24.4 Å². The number of imidazole rings is 1. The highest BCUT2D eigenvalue weighted by atomic mass is 16.6. The van der Waals surface area contributed by atoms with Gasteiger partial charge in [0, 0.05) is 50.1 Å². The Morgan fingerprint density at radius 1 is 1.14 bits per heavy atom. The number of likely N-dealkylation sites (tertiary alicyclic amines) is 1. The number of methoxy groups -OCH3 is 1.